The second-order valence-corrected chi connectivity index (χ2v) is 4.76. The van der Waals surface area contributed by atoms with Gasteiger partial charge in [0.25, 0.3) is 0 Å². The first-order valence-electron chi connectivity index (χ1n) is 6.80. The number of nitriles is 1. The number of nitrogens with one attached hydrogen (secondary N) is 1. The van der Waals surface area contributed by atoms with Gasteiger partial charge < -0.3 is 10.2 Å². The van der Waals surface area contributed by atoms with Gasteiger partial charge in [-0.1, -0.05) is 13.0 Å². The molecule has 1 saturated carbocycles. The molecular formula is C15H21N3. The molecule has 96 valence electrons. The largest absolute Gasteiger partial charge is 0.368 e. The summed E-state index contributed by atoms with van der Waals surface area (Å²) in [6, 6.07) is 9.24. The molecule has 1 aliphatic carbocycles. The van der Waals surface area contributed by atoms with Gasteiger partial charge in [0.05, 0.1) is 11.3 Å². The number of anilines is 1. The van der Waals surface area contributed by atoms with E-state index < -0.39 is 0 Å². The van der Waals surface area contributed by atoms with Crippen molar-refractivity contribution in [1.82, 2.24) is 5.32 Å². The summed E-state index contributed by atoms with van der Waals surface area (Å²) in [6.45, 7) is 7.01. The molecule has 0 aliphatic heterocycles. The molecule has 3 heteroatoms. The Balaban J connectivity index is 2.22. The van der Waals surface area contributed by atoms with Crippen molar-refractivity contribution in [2.45, 2.75) is 39.3 Å². The molecular weight excluding hydrogens is 222 g/mol. The van der Waals surface area contributed by atoms with Gasteiger partial charge in [0, 0.05) is 19.1 Å². The Morgan fingerprint density at radius 1 is 1.39 bits per heavy atom. The molecule has 0 radical (unpaired) electrons. The van der Waals surface area contributed by atoms with Crippen molar-refractivity contribution in [3.8, 4) is 6.07 Å². The van der Waals surface area contributed by atoms with Crippen LogP contribution in [0, 0.1) is 11.3 Å². The Kier molecular flexibility index (Phi) is 4.22. The van der Waals surface area contributed by atoms with Gasteiger partial charge in [-0.2, -0.15) is 5.26 Å². The minimum atomic E-state index is 0.654. The van der Waals surface area contributed by atoms with Crippen LogP contribution in [0.25, 0.3) is 0 Å². The monoisotopic (exact) mass is 243 g/mol. The van der Waals surface area contributed by atoms with Crippen LogP contribution >= 0.6 is 0 Å². The van der Waals surface area contributed by atoms with Gasteiger partial charge in [-0.05, 0) is 44.0 Å². The van der Waals surface area contributed by atoms with E-state index in [1.54, 1.807) is 0 Å². The second kappa shape index (κ2) is 5.88. The number of benzene rings is 1. The highest BCUT2D eigenvalue weighted by molar-refractivity contribution is 5.61. The van der Waals surface area contributed by atoms with E-state index in [0.29, 0.717) is 6.04 Å². The Bertz CT molecular complexity index is 444. The SMILES string of the molecule is CCNCc1ccc(N(CC)C2CC2)c(C#N)c1. The predicted molar refractivity (Wildman–Crippen MR) is 74.6 cm³/mol. The molecule has 0 amide bonds. The van der Waals surface area contributed by atoms with E-state index in [1.165, 1.54) is 18.4 Å². The van der Waals surface area contributed by atoms with Crippen LogP contribution in [-0.2, 0) is 6.54 Å². The molecule has 0 aromatic heterocycles. The normalized spacial score (nSPS) is 14.3. The van der Waals surface area contributed by atoms with Crippen LogP contribution in [0.2, 0.25) is 0 Å². The molecule has 2 rings (SSSR count). The molecule has 1 fully saturated rings. The lowest BCUT2D eigenvalue weighted by Crippen LogP contribution is -2.26. The maximum atomic E-state index is 9.32. The van der Waals surface area contributed by atoms with Crippen molar-refractivity contribution in [3.63, 3.8) is 0 Å². The Labute approximate surface area is 109 Å². The smallest absolute Gasteiger partial charge is 0.101 e. The molecule has 18 heavy (non-hydrogen) atoms. The van der Waals surface area contributed by atoms with Crippen LogP contribution in [0.15, 0.2) is 18.2 Å². The molecule has 0 bridgehead atoms. The van der Waals surface area contributed by atoms with Gasteiger partial charge in [0.1, 0.15) is 6.07 Å². The molecule has 0 saturated heterocycles. The summed E-state index contributed by atoms with van der Waals surface area (Å²) in [4.78, 5) is 2.36. The summed E-state index contributed by atoms with van der Waals surface area (Å²) < 4.78 is 0. The molecule has 1 aromatic carbocycles. The molecule has 1 N–H and O–H groups in total. The highest BCUT2D eigenvalue weighted by Gasteiger charge is 2.29. The van der Waals surface area contributed by atoms with Crippen LogP contribution in [0.3, 0.4) is 0 Å². The van der Waals surface area contributed by atoms with Gasteiger partial charge in [0.2, 0.25) is 0 Å². The second-order valence-electron chi connectivity index (χ2n) is 4.76. The predicted octanol–water partition coefficient (Wildman–Crippen LogP) is 2.66. The van der Waals surface area contributed by atoms with Gasteiger partial charge in [0.15, 0.2) is 0 Å². The number of hydrogen-bond acceptors (Lipinski definition) is 3. The lowest BCUT2D eigenvalue weighted by atomic mass is 10.1. The fourth-order valence-electron chi connectivity index (χ4n) is 2.31. The van der Waals surface area contributed by atoms with Crippen molar-refractivity contribution in [2.24, 2.45) is 0 Å². The summed E-state index contributed by atoms with van der Waals surface area (Å²) >= 11 is 0. The maximum absolute atomic E-state index is 9.32. The zero-order valence-electron chi connectivity index (χ0n) is 11.2. The Morgan fingerprint density at radius 3 is 2.72 bits per heavy atom. The highest BCUT2D eigenvalue weighted by atomic mass is 15.2. The topological polar surface area (TPSA) is 39.1 Å². The number of rotatable bonds is 6. The summed E-state index contributed by atoms with van der Waals surface area (Å²) in [5.41, 5.74) is 3.09. The zero-order chi connectivity index (χ0) is 13.0. The first-order valence-corrected chi connectivity index (χ1v) is 6.80. The maximum Gasteiger partial charge on any atom is 0.101 e. The molecule has 1 aliphatic rings. The highest BCUT2D eigenvalue weighted by Crippen LogP contribution is 2.33. The minimum Gasteiger partial charge on any atom is -0.368 e. The van der Waals surface area contributed by atoms with Crippen molar-refractivity contribution >= 4 is 5.69 Å². The first kappa shape index (κ1) is 12.9. The van der Waals surface area contributed by atoms with Gasteiger partial charge in [-0.3, -0.25) is 0 Å². The minimum absolute atomic E-state index is 0.654. The van der Waals surface area contributed by atoms with E-state index in [9.17, 15) is 5.26 Å². The average molecular weight is 243 g/mol. The van der Waals surface area contributed by atoms with Gasteiger partial charge in [-0.15, -0.1) is 0 Å². The van der Waals surface area contributed by atoms with E-state index >= 15 is 0 Å². The summed E-state index contributed by atoms with van der Waals surface area (Å²) in [7, 11) is 0. The van der Waals surface area contributed by atoms with E-state index in [4.69, 9.17) is 0 Å². The van der Waals surface area contributed by atoms with Gasteiger partial charge >= 0.3 is 0 Å². The molecule has 0 atom stereocenters. The average Bonchev–Trinajstić information content (AvgIpc) is 3.22. The van der Waals surface area contributed by atoms with E-state index in [0.717, 1.165) is 30.9 Å². The lowest BCUT2D eigenvalue weighted by Gasteiger charge is -2.24. The van der Waals surface area contributed by atoms with Crippen molar-refractivity contribution in [2.75, 3.05) is 18.0 Å². The first-order chi connectivity index (χ1) is 8.80. The number of nitrogens with zero attached hydrogens (tertiary/aromatic N) is 2. The van der Waals surface area contributed by atoms with Crippen molar-refractivity contribution < 1.29 is 0 Å². The standard InChI is InChI=1S/C15H21N3/c1-3-17-11-12-5-8-15(13(9-12)10-16)18(4-2)14-6-7-14/h5,8-9,14,17H,3-4,6-7,11H2,1-2H3. The summed E-state index contributed by atoms with van der Waals surface area (Å²) in [5.74, 6) is 0. The molecule has 0 heterocycles. The summed E-state index contributed by atoms with van der Waals surface area (Å²) in [6.07, 6.45) is 2.52. The van der Waals surface area contributed by atoms with Crippen LogP contribution in [-0.4, -0.2) is 19.1 Å². The van der Waals surface area contributed by atoms with Gasteiger partial charge in [-0.25, -0.2) is 0 Å². The van der Waals surface area contributed by atoms with Crippen molar-refractivity contribution in [3.05, 3.63) is 29.3 Å². The van der Waals surface area contributed by atoms with Crippen molar-refractivity contribution in [1.29, 1.82) is 5.26 Å². The third-order valence-corrected chi connectivity index (χ3v) is 3.40. The Hall–Kier alpha value is -1.53. The van der Waals surface area contributed by atoms with Crippen LogP contribution in [0.4, 0.5) is 5.69 Å². The Morgan fingerprint density at radius 2 is 2.17 bits per heavy atom. The third kappa shape index (κ3) is 2.83. The fourth-order valence-corrected chi connectivity index (χ4v) is 2.31. The molecule has 1 aromatic rings. The lowest BCUT2D eigenvalue weighted by molar-refractivity contribution is 0.726. The quantitative estimate of drug-likeness (QED) is 0.835. The van der Waals surface area contributed by atoms with Crippen LogP contribution < -0.4 is 10.2 Å². The van der Waals surface area contributed by atoms with E-state index in [1.807, 2.05) is 6.07 Å². The van der Waals surface area contributed by atoms with Crippen LogP contribution in [0.1, 0.15) is 37.8 Å². The van der Waals surface area contributed by atoms with E-state index in [2.05, 4.69) is 42.3 Å². The third-order valence-electron chi connectivity index (χ3n) is 3.40. The molecule has 0 unspecified atom stereocenters. The zero-order valence-corrected chi connectivity index (χ0v) is 11.2. The fraction of sp³-hybridized carbons (Fsp3) is 0.533. The number of hydrogen-bond donors (Lipinski definition) is 1. The van der Waals surface area contributed by atoms with Crippen LogP contribution in [0.5, 0.6) is 0 Å². The summed E-state index contributed by atoms with van der Waals surface area (Å²) in [5, 5.41) is 12.6. The van der Waals surface area contributed by atoms with E-state index in [-0.39, 0.29) is 0 Å². The molecule has 3 nitrogen and oxygen atoms in total. The molecule has 0 spiro atoms.